The van der Waals surface area contributed by atoms with Gasteiger partial charge >= 0.3 is 6.03 Å². The predicted molar refractivity (Wildman–Crippen MR) is 116 cm³/mol. The number of para-hydroxylation sites is 1. The van der Waals surface area contributed by atoms with Crippen LogP contribution in [-0.2, 0) is 4.79 Å². The molecule has 1 atom stereocenters. The Hall–Kier alpha value is -3.28. The molecule has 154 valence electrons. The SMILES string of the molecule is C=C(CNC(=O)Nc1ccc(Oc2ccccc2)cc1)NC(CCCC)C(C)=O. The van der Waals surface area contributed by atoms with Gasteiger partial charge < -0.3 is 20.7 Å². The molecule has 6 nitrogen and oxygen atoms in total. The summed E-state index contributed by atoms with van der Waals surface area (Å²) in [6.07, 6.45) is 2.74. The van der Waals surface area contributed by atoms with Gasteiger partial charge in [0.05, 0.1) is 12.6 Å². The maximum absolute atomic E-state index is 12.1. The van der Waals surface area contributed by atoms with Gasteiger partial charge in [-0.15, -0.1) is 0 Å². The average Bonchev–Trinajstić information content (AvgIpc) is 2.71. The van der Waals surface area contributed by atoms with Gasteiger partial charge in [0.2, 0.25) is 0 Å². The third-order valence-corrected chi connectivity index (χ3v) is 4.27. The Morgan fingerprint density at radius 3 is 2.31 bits per heavy atom. The topological polar surface area (TPSA) is 79.5 Å². The molecule has 0 fully saturated rings. The number of carbonyl (C=O) groups excluding carboxylic acids is 2. The molecule has 6 heteroatoms. The Kier molecular flexibility index (Phi) is 8.76. The molecule has 0 aromatic heterocycles. The third-order valence-electron chi connectivity index (χ3n) is 4.27. The number of ketones is 1. The fraction of sp³-hybridized carbons (Fsp3) is 0.304. The summed E-state index contributed by atoms with van der Waals surface area (Å²) in [5, 5.41) is 8.59. The van der Waals surface area contributed by atoms with E-state index in [4.69, 9.17) is 4.74 Å². The molecule has 0 saturated carbocycles. The van der Waals surface area contributed by atoms with Crippen LogP contribution in [-0.4, -0.2) is 24.4 Å². The molecule has 0 heterocycles. The van der Waals surface area contributed by atoms with Crippen molar-refractivity contribution in [2.45, 2.75) is 39.2 Å². The molecule has 2 amide bonds. The summed E-state index contributed by atoms with van der Waals surface area (Å²) < 4.78 is 5.73. The highest BCUT2D eigenvalue weighted by Gasteiger charge is 2.14. The first-order chi connectivity index (χ1) is 14.0. The number of hydrogen-bond donors (Lipinski definition) is 3. The fourth-order valence-electron chi connectivity index (χ4n) is 2.68. The Bertz CT molecular complexity index is 804. The molecule has 0 saturated heterocycles. The lowest BCUT2D eigenvalue weighted by Crippen LogP contribution is -2.39. The van der Waals surface area contributed by atoms with E-state index in [0.29, 0.717) is 17.1 Å². The summed E-state index contributed by atoms with van der Waals surface area (Å²) in [7, 11) is 0. The highest BCUT2D eigenvalue weighted by atomic mass is 16.5. The van der Waals surface area contributed by atoms with Crippen LogP contribution >= 0.6 is 0 Å². The summed E-state index contributed by atoms with van der Waals surface area (Å²) in [4.78, 5) is 23.8. The second kappa shape index (κ2) is 11.5. The number of hydrogen-bond acceptors (Lipinski definition) is 4. The van der Waals surface area contributed by atoms with E-state index in [0.717, 1.165) is 25.0 Å². The zero-order valence-electron chi connectivity index (χ0n) is 17.0. The van der Waals surface area contributed by atoms with Gasteiger partial charge in [0.1, 0.15) is 11.5 Å². The minimum atomic E-state index is -0.349. The second-order valence-corrected chi connectivity index (χ2v) is 6.80. The predicted octanol–water partition coefficient (Wildman–Crippen LogP) is 4.85. The van der Waals surface area contributed by atoms with E-state index < -0.39 is 0 Å². The van der Waals surface area contributed by atoms with Gasteiger partial charge in [0.15, 0.2) is 5.78 Å². The largest absolute Gasteiger partial charge is 0.457 e. The molecule has 2 aromatic carbocycles. The molecule has 0 radical (unpaired) electrons. The number of anilines is 1. The zero-order chi connectivity index (χ0) is 21.1. The van der Waals surface area contributed by atoms with Crippen molar-refractivity contribution in [2.75, 3.05) is 11.9 Å². The minimum Gasteiger partial charge on any atom is -0.457 e. The molecule has 1 unspecified atom stereocenters. The number of urea groups is 1. The van der Waals surface area contributed by atoms with E-state index in [9.17, 15) is 9.59 Å². The van der Waals surface area contributed by atoms with Crippen LogP contribution in [0.15, 0.2) is 66.9 Å². The van der Waals surface area contributed by atoms with Crippen LogP contribution in [0.5, 0.6) is 11.5 Å². The van der Waals surface area contributed by atoms with Crippen molar-refractivity contribution in [2.24, 2.45) is 0 Å². The fourth-order valence-corrected chi connectivity index (χ4v) is 2.68. The highest BCUT2D eigenvalue weighted by Crippen LogP contribution is 2.22. The summed E-state index contributed by atoms with van der Waals surface area (Å²) in [6, 6.07) is 16.0. The summed E-state index contributed by atoms with van der Waals surface area (Å²) in [5.74, 6) is 1.50. The molecule has 3 N–H and O–H groups in total. The van der Waals surface area contributed by atoms with Crippen molar-refractivity contribution in [1.29, 1.82) is 0 Å². The third kappa shape index (κ3) is 8.09. The first kappa shape index (κ1) is 22.0. The lowest BCUT2D eigenvalue weighted by molar-refractivity contribution is -0.119. The maximum Gasteiger partial charge on any atom is 0.319 e. The summed E-state index contributed by atoms with van der Waals surface area (Å²) >= 11 is 0. The molecule has 29 heavy (non-hydrogen) atoms. The van der Waals surface area contributed by atoms with E-state index in [1.807, 2.05) is 30.3 Å². The van der Waals surface area contributed by atoms with Crippen molar-refractivity contribution < 1.29 is 14.3 Å². The molecular formula is C23H29N3O3. The number of benzene rings is 2. The van der Waals surface area contributed by atoms with Gasteiger partial charge in [0, 0.05) is 11.4 Å². The van der Waals surface area contributed by atoms with Gasteiger partial charge in [0.25, 0.3) is 0 Å². The normalized spacial score (nSPS) is 11.2. The maximum atomic E-state index is 12.1. The number of Topliss-reactive ketones (excluding diaryl/α,β-unsaturated/α-hetero) is 1. The van der Waals surface area contributed by atoms with Gasteiger partial charge in [-0.1, -0.05) is 44.5 Å². The van der Waals surface area contributed by atoms with Crippen LogP contribution in [0.2, 0.25) is 0 Å². The van der Waals surface area contributed by atoms with Crippen LogP contribution in [0.25, 0.3) is 0 Å². The lowest BCUT2D eigenvalue weighted by Gasteiger charge is -2.19. The van der Waals surface area contributed by atoms with Crippen LogP contribution in [0.4, 0.5) is 10.5 Å². The highest BCUT2D eigenvalue weighted by molar-refractivity contribution is 5.89. The van der Waals surface area contributed by atoms with Crippen LogP contribution in [0.1, 0.15) is 33.1 Å². The van der Waals surface area contributed by atoms with Crippen molar-refractivity contribution in [3.05, 3.63) is 66.9 Å². The Morgan fingerprint density at radius 1 is 1.03 bits per heavy atom. The van der Waals surface area contributed by atoms with Crippen molar-refractivity contribution >= 4 is 17.5 Å². The number of nitrogens with one attached hydrogen (secondary N) is 3. The minimum absolute atomic E-state index is 0.0712. The van der Waals surface area contributed by atoms with Crippen molar-refractivity contribution in [1.82, 2.24) is 10.6 Å². The number of ether oxygens (including phenoxy) is 1. The standard InChI is InChI=1S/C23H29N3O3/c1-4-5-11-22(18(3)27)25-17(2)16-24-23(28)26-19-12-14-21(15-13-19)29-20-9-7-6-8-10-20/h6-10,12-15,22,25H,2,4-5,11,16H2,1,3H3,(H2,24,26,28). The average molecular weight is 396 g/mol. The van der Waals surface area contributed by atoms with Gasteiger partial charge in [-0.3, -0.25) is 4.79 Å². The summed E-state index contributed by atoms with van der Waals surface area (Å²) in [5.41, 5.74) is 1.24. The van der Waals surface area contributed by atoms with E-state index in [2.05, 4.69) is 29.5 Å². The van der Waals surface area contributed by atoms with Crippen LogP contribution in [0, 0.1) is 0 Å². The molecule has 0 aliphatic heterocycles. The second-order valence-electron chi connectivity index (χ2n) is 6.80. The number of amides is 2. The first-order valence-electron chi connectivity index (χ1n) is 9.80. The monoisotopic (exact) mass is 395 g/mol. The lowest BCUT2D eigenvalue weighted by atomic mass is 10.1. The summed E-state index contributed by atoms with van der Waals surface area (Å²) in [6.45, 7) is 7.77. The van der Waals surface area contributed by atoms with Gasteiger partial charge in [-0.05, 0) is 49.7 Å². The quantitative estimate of drug-likeness (QED) is 0.508. The smallest absolute Gasteiger partial charge is 0.319 e. The Balaban J connectivity index is 1.77. The number of carbonyl (C=O) groups is 2. The van der Waals surface area contributed by atoms with Crippen LogP contribution < -0.4 is 20.7 Å². The van der Waals surface area contributed by atoms with E-state index in [-0.39, 0.29) is 24.4 Å². The van der Waals surface area contributed by atoms with Crippen molar-refractivity contribution in [3.63, 3.8) is 0 Å². The Morgan fingerprint density at radius 2 is 1.69 bits per heavy atom. The van der Waals surface area contributed by atoms with Crippen molar-refractivity contribution in [3.8, 4) is 11.5 Å². The molecule has 0 aliphatic carbocycles. The molecule has 2 aromatic rings. The molecular weight excluding hydrogens is 366 g/mol. The van der Waals surface area contributed by atoms with E-state index in [1.54, 1.807) is 31.2 Å². The molecule has 0 bridgehead atoms. The van der Waals surface area contributed by atoms with Gasteiger partial charge in [-0.2, -0.15) is 0 Å². The Labute approximate surface area is 172 Å². The van der Waals surface area contributed by atoms with Gasteiger partial charge in [-0.25, -0.2) is 4.79 Å². The number of unbranched alkanes of at least 4 members (excludes halogenated alkanes) is 1. The number of rotatable bonds is 11. The van der Waals surface area contributed by atoms with E-state index >= 15 is 0 Å². The zero-order valence-corrected chi connectivity index (χ0v) is 17.0. The van der Waals surface area contributed by atoms with E-state index in [1.165, 1.54) is 0 Å². The molecule has 2 rings (SSSR count). The first-order valence-corrected chi connectivity index (χ1v) is 9.80. The molecule has 0 aliphatic rings. The molecule has 0 spiro atoms. The van der Waals surface area contributed by atoms with Crippen LogP contribution in [0.3, 0.4) is 0 Å².